The Kier molecular flexibility index (Phi) is 4.70. The second-order valence-electron chi connectivity index (χ2n) is 5.33. The summed E-state index contributed by atoms with van der Waals surface area (Å²) < 4.78 is 28.7. The number of hydrogen-bond acceptors (Lipinski definition) is 4. The number of amides is 1. The van der Waals surface area contributed by atoms with Gasteiger partial charge in [0, 0.05) is 26.3 Å². The highest BCUT2D eigenvalue weighted by atomic mass is 32.2. The summed E-state index contributed by atoms with van der Waals surface area (Å²) in [6.07, 6.45) is 3.76. The molecule has 1 heterocycles. The molecule has 0 aliphatic heterocycles. The van der Waals surface area contributed by atoms with Crippen LogP contribution in [0.25, 0.3) is 0 Å². The zero-order valence-electron chi connectivity index (χ0n) is 12.2. The van der Waals surface area contributed by atoms with E-state index in [1.807, 2.05) is 0 Å². The first-order valence-corrected chi connectivity index (χ1v) is 8.42. The second-order valence-corrected chi connectivity index (χ2v) is 7.04. The Morgan fingerprint density at radius 3 is 2.67 bits per heavy atom. The maximum atomic E-state index is 12.4. The van der Waals surface area contributed by atoms with Gasteiger partial charge in [0.25, 0.3) is 5.91 Å². The van der Waals surface area contributed by atoms with Crippen molar-refractivity contribution in [3.63, 3.8) is 0 Å². The largest absolute Gasteiger partial charge is 0.391 e. The molecule has 7 nitrogen and oxygen atoms in total. The van der Waals surface area contributed by atoms with Crippen LogP contribution in [-0.4, -0.2) is 43.2 Å². The number of nitrogens with one attached hydrogen (secondary N) is 2. The maximum absolute atomic E-state index is 12.4. The van der Waals surface area contributed by atoms with Gasteiger partial charge < -0.3 is 15.0 Å². The van der Waals surface area contributed by atoms with Crippen LogP contribution in [0.2, 0.25) is 0 Å². The molecule has 1 aromatic rings. The zero-order chi connectivity index (χ0) is 15.6. The highest BCUT2D eigenvalue weighted by Crippen LogP contribution is 2.21. The fourth-order valence-corrected chi connectivity index (χ4v) is 3.92. The quantitative estimate of drug-likeness (QED) is 0.726. The molecular formula is C13H21N3O4S. The molecule has 1 aliphatic rings. The Morgan fingerprint density at radius 1 is 1.38 bits per heavy atom. The molecule has 2 rings (SSSR count). The summed E-state index contributed by atoms with van der Waals surface area (Å²) in [5.41, 5.74) is 0.266. The molecule has 1 aliphatic carbocycles. The summed E-state index contributed by atoms with van der Waals surface area (Å²) in [5.74, 6) is -0.350. The van der Waals surface area contributed by atoms with Crippen molar-refractivity contribution >= 4 is 15.9 Å². The Morgan fingerprint density at radius 2 is 2.05 bits per heavy atom. The number of aromatic nitrogens is 1. The van der Waals surface area contributed by atoms with Gasteiger partial charge in [0.2, 0.25) is 10.0 Å². The average Bonchev–Trinajstić information content (AvgIpc) is 2.83. The van der Waals surface area contributed by atoms with Crippen LogP contribution < -0.4 is 10.0 Å². The number of rotatable bonds is 4. The Bertz CT molecular complexity index is 623. The minimum absolute atomic E-state index is 0.0290. The van der Waals surface area contributed by atoms with E-state index in [9.17, 15) is 18.3 Å². The van der Waals surface area contributed by atoms with Crippen molar-refractivity contribution in [1.82, 2.24) is 14.6 Å². The van der Waals surface area contributed by atoms with Crippen molar-refractivity contribution in [1.29, 1.82) is 0 Å². The first-order valence-electron chi connectivity index (χ1n) is 6.94. The summed E-state index contributed by atoms with van der Waals surface area (Å²) in [6, 6.07) is 0.864. The molecule has 8 heteroatoms. The van der Waals surface area contributed by atoms with Crippen LogP contribution in [0.15, 0.2) is 17.2 Å². The Balaban J connectivity index is 2.21. The lowest BCUT2D eigenvalue weighted by Gasteiger charge is -2.27. The number of hydrogen-bond donors (Lipinski definition) is 3. The molecule has 2 unspecified atom stereocenters. The van der Waals surface area contributed by atoms with Crippen LogP contribution >= 0.6 is 0 Å². The van der Waals surface area contributed by atoms with Crippen LogP contribution in [0.4, 0.5) is 0 Å². The van der Waals surface area contributed by atoms with E-state index in [0.29, 0.717) is 12.8 Å². The lowest BCUT2D eigenvalue weighted by molar-refractivity contribution is 0.0955. The summed E-state index contributed by atoms with van der Waals surface area (Å²) >= 11 is 0. The third kappa shape index (κ3) is 3.45. The molecule has 2 atom stereocenters. The standard InChI is InChI=1S/C13H21N3O4S/c1-14-13(18)11-7-9(8-16(11)2)21(19,20)15-10-5-3-4-6-12(10)17/h7-8,10,12,15,17H,3-6H2,1-2H3,(H,14,18). The normalized spacial score (nSPS) is 23.0. The van der Waals surface area contributed by atoms with Crippen molar-refractivity contribution in [3.05, 3.63) is 18.0 Å². The van der Waals surface area contributed by atoms with E-state index in [1.165, 1.54) is 23.9 Å². The molecule has 0 aromatic carbocycles. The van der Waals surface area contributed by atoms with E-state index in [4.69, 9.17) is 0 Å². The van der Waals surface area contributed by atoms with Gasteiger partial charge in [0.05, 0.1) is 6.10 Å². The van der Waals surface area contributed by atoms with Gasteiger partial charge in [-0.2, -0.15) is 0 Å². The van der Waals surface area contributed by atoms with Crippen molar-refractivity contribution < 1.29 is 18.3 Å². The molecule has 0 spiro atoms. The molecule has 1 amide bonds. The van der Waals surface area contributed by atoms with Crippen LogP contribution in [-0.2, 0) is 17.1 Å². The van der Waals surface area contributed by atoms with Crippen LogP contribution in [0.1, 0.15) is 36.2 Å². The number of aliphatic hydroxyl groups is 1. The van der Waals surface area contributed by atoms with E-state index in [2.05, 4.69) is 10.0 Å². The Hall–Kier alpha value is -1.38. The fraction of sp³-hybridized carbons (Fsp3) is 0.615. The lowest BCUT2D eigenvalue weighted by atomic mass is 9.93. The molecule has 3 N–H and O–H groups in total. The zero-order valence-corrected chi connectivity index (χ0v) is 13.0. The number of carbonyl (C=O) groups excluding carboxylic acids is 1. The summed E-state index contributed by atoms with van der Waals surface area (Å²) in [5, 5.41) is 12.3. The maximum Gasteiger partial charge on any atom is 0.267 e. The molecule has 118 valence electrons. The molecule has 1 fully saturated rings. The Labute approximate surface area is 124 Å². The van der Waals surface area contributed by atoms with E-state index in [0.717, 1.165) is 12.8 Å². The number of aliphatic hydroxyl groups excluding tert-OH is 1. The minimum Gasteiger partial charge on any atom is -0.391 e. The summed E-state index contributed by atoms with van der Waals surface area (Å²) in [6.45, 7) is 0. The third-order valence-electron chi connectivity index (χ3n) is 3.79. The molecular weight excluding hydrogens is 294 g/mol. The highest BCUT2D eigenvalue weighted by molar-refractivity contribution is 7.89. The van der Waals surface area contributed by atoms with Gasteiger partial charge in [0.1, 0.15) is 10.6 Å². The van der Waals surface area contributed by atoms with Crippen LogP contribution in [0.5, 0.6) is 0 Å². The van der Waals surface area contributed by atoms with Crippen molar-refractivity contribution in [2.75, 3.05) is 7.05 Å². The number of sulfonamides is 1. The van der Waals surface area contributed by atoms with Gasteiger partial charge in [-0.3, -0.25) is 4.79 Å². The predicted molar refractivity (Wildman–Crippen MR) is 77.4 cm³/mol. The van der Waals surface area contributed by atoms with Crippen LogP contribution in [0.3, 0.4) is 0 Å². The minimum atomic E-state index is -3.75. The van der Waals surface area contributed by atoms with E-state index < -0.39 is 22.2 Å². The van der Waals surface area contributed by atoms with E-state index in [-0.39, 0.29) is 16.5 Å². The van der Waals surface area contributed by atoms with Gasteiger partial charge in [-0.1, -0.05) is 12.8 Å². The molecule has 1 aromatic heterocycles. The van der Waals surface area contributed by atoms with Crippen LogP contribution in [0, 0.1) is 0 Å². The lowest BCUT2D eigenvalue weighted by Crippen LogP contribution is -2.44. The number of nitrogens with zero attached hydrogens (tertiary/aromatic N) is 1. The van der Waals surface area contributed by atoms with E-state index >= 15 is 0 Å². The average molecular weight is 315 g/mol. The first kappa shape index (κ1) is 16.0. The SMILES string of the molecule is CNC(=O)c1cc(S(=O)(=O)NC2CCCCC2O)cn1C. The molecule has 0 saturated heterocycles. The molecule has 1 saturated carbocycles. The van der Waals surface area contributed by atoms with Crippen molar-refractivity contribution in [3.8, 4) is 0 Å². The fourth-order valence-electron chi connectivity index (χ4n) is 2.55. The van der Waals surface area contributed by atoms with Gasteiger partial charge >= 0.3 is 0 Å². The first-order chi connectivity index (χ1) is 9.85. The van der Waals surface area contributed by atoms with Gasteiger partial charge in [0.15, 0.2) is 0 Å². The highest BCUT2D eigenvalue weighted by Gasteiger charge is 2.29. The smallest absolute Gasteiger partial charge is 0.267 e. The van der Waals surface area contributed by atoms with Gasteiger partial charge in [-0.15, -0.1) is 0 Å². The number of carbonyl (C=O) groups is 1. The predicted octanol–water partition coefficient (Wildman–Crippen LogP) is -0.0335. The van der Waals surface area contributed by atoms with Gasteiger partial charge in [-0.05, 0) is 18.9 Å². The third-order valence-corrected chi connectivity index (χ3v) is 5.24. The topological polar surface area (TPSA) is 100 Å². The summed E-state index contributed by atoms with van der Waals surface area (Å²) in [7, 11) is -0.651. The van der Waals surface area contributed by atoms with Crippen molar-refractivity contribution in [2.24, 2.45) is 7.05 Å². The summed E-state index contributed by atoms with van der Waals surface area (Å²) in [4.78, 5) is 11.7. The second kappa shape index (κ2) is 6.17. The molecule has 0 radical (unpaired) electrons. The molecule has 21 heavy (non-hydrogen) atoms. The van der Waals surface area contributed by atoms with Crippen molar-refractivity contribution in [2.45, 2.75) is 42.7 Å². The number of aryl methyl sites for hydroxylation is 1. The monoisotopic (exact) mass is 315 g/mol. The van der Waals surface area contributed by atoms with E-state index in [1.54, 1.807) is 7.05 Å². The van der Waals surface area contributed by atoms with Gasteiger partial charge in [-0.25, -0.2) is 13.1 Å². The molecule has 0 bridgehead atoms.